The smallest absolute Gasteiger partial charge is 0.132 e. The van der Waals surface area contributed by atoms with E-state index in [0.29, 0.717) is 5.88 Å². The Morgan fingerprint density at radius 3 is 2.82 bits per heavy atom. The molecule has 0 aliphatic heterocycles. The van der Waals surface area contributed by atoms with Crippen LogP contribution in [0.25, 0.3) is 0 Å². The van der Waals surface area contributed by atoms with Gasteiger partial charge in [-0.1, -0.05) is 6.07 Å². The van der Waals surface area contributed by atoms with Gasteiger partial charge >= 0.3 is 0 Å². The lowest BCUT2D eigenvalue weighted by atomic mass is 10.2. The van der Waals surface area contributed by atoms with Crippen molar-refractivity contribution in [3.63, 3.8) is 0 Å². The molecule has 0 spiro atoms. The summed E-state index contributed by atoms with van der Waals surface area (Å²) < 4.78 is 6.23. The zero-order valence-corrected chi connectivity index (χ0v) is 9.02. The summed E-state index contributed by atoms with van der Waals surface area (Å²) >= 11 is 7.88. The topological polar surface area (TPSA) is 9.23 Å². The van der Waals surface area contributed by atoms with E-state index in [0.717, 1.165) is 14.9 Å². The number of rotatable bonds is 2. The van der Waals surface area contributed by atoms with E-state index in [2.05, 4.69) is 22.6 Å². The molecule has 0 aliphatic rings. The average molecular weight is 283 g/mol. The lowest BCUT2D eigenvalue weighted by Crippen LogP contribution is -1.88. The first-order chi connectivity index (χ1) is 5.27. The van der Waals surface area contributed by atoms with E-state index in [1.54, 1.807) is 7.11 Å². The molecule has 0 aliphatic carbocycles. The van der Waals surface area contributed by atoms with E-state index in [9.17, 15) is 0 Å². The van der Waals surface area contributed by atoms with Crippen molar-refractivity contribution in [2.75, 3.05) is 7.11 Å². The fourth-order valence-electron chi connectivity index (χ4n) is 0.787. The highest BCUT2D eigenvalue weighted by Crippen LogP contribution is 2.22. The van der Waals surface area contributed by atoms with Crippen molar-refractivity contribution >= 4 is 34.2 Å². The minimum atomic E-state index is 0.535. The summed E-state index contributed by atoms with van der Waals surface area (Å²) in [5, 5.41) is 0. The van der Waals surface area contributed by atoms with Crippen LogP contribution in [0.15, 0.2) is 18.2 Å². The van der Waals surface area contributed by atoms with Crippen LogP contribution in [-0.2, 0) is 5.88 Å². The van der Waals surface area contributed by atoms with Crippen LogP contribution < -0.4 is 4.74 Å². The fourth-order valence-corrected chi connectivity index (χ4v) is 1.51. The SMILES string of the molecule is COc1cc(CCl)ccc1I. The van der Waals surface area contributed by atoms with Gasteiger partial charge in [-0.3, -0.25) is 0 Å². The first kappa shape index (κ1) is 9.13. The van der Waals surface area contributed by atoms with E-state index >= 15 is 0 Å². The van der Waals surface area contributed by atoms with E-state index in [1.165, 1.54) is 0 Å². The molecule has 0 radical (unpaired) electrons. The summed E-state index contributed by atoms with van der Waals surface area (Å²) in [4.78, 5) is 0. The van der Waals surface area contributed by atoms with Crippen LogP contribution in [0.2, 0.25) is 0 Å². The number of hydrogen-bond acceptors (Lipinski definition) is 1. The van der Waals surface area contributed by atoms with Crippen LogP contribution >= 0.6 is 34.2 Å². The Labute approximate surface area is 84.8 Å². The number of methoxy groups -OCH3 is 1. The van der Waals surface area contributed by atoms with Gasteiger partial charge in [0, 0.05) is 5.88 Å². The Morgan fingerprint density at radius 2 is 2.27 bits per heavy atom. The molecule has 0 saturated carbocycles. The molecule has 0 atom stereocenters. The molecule has 1 rings (SSSR count). The molecule has 0 N–H and O–H groups in total. The molecule has 0 unspecified atom stereocenters. The summed E-state index contributed by atoms with van der Waals surface area (Å²) in [6.07, 6.45) is 0. The number of benzene rings is 1. The molecule has 1 aromatic rings. The molecule has 11 heavy (non-hydrogen) atoms. The zero-order chi connectivity index (χ0) is 8.27. The second-order valence-corrected chi connectivity index (χ2v) is 3.53. The molecule has 0 bridgehead atoms. The highest BCUT2D eigenvalue weighted by Gasteiger charge is 1.99. The molecule has 1 nitrogen and oxygen atoms in total. The molecule has 1 aromatic carbocycles. The summed E-state index contributed by atoms with van der Waals surface area (Å²) in [6, 6.07) is 5.95. The molecule has 0 heterocycles. The van der Waals surface area contributed by atoms with Crippen molar-refractivity contribution in [2.24, 2.45) is 0 Å². The van der Waals surface area contributed by atoms with Crippen LogP contribution in [-0.4, -0.2) is 7.11 Å². The van der Waals surface area contributed by atoms with Gasteiger partial charge in [0.1, 0.15) is 5.75 Å². The Hall–Kier alpha value is 0.0400. The van der Waals surface area contributed by atoms with Crippen LogP contribution in [0, 0.1) is 3.57 Å². The van der Waals surface area contributed by atoms with Crippen LogP contribution in [0.1, 0.15) is 5.56 Å². The summed E-state index contributed by atoms with van der Waals surface area (Å²) in [5.74, 6) is 1.43. The van der Waals surface area contributed by atoms with Crippen molar-refractivity contribution < 1.29 is 4.74 Å². The lowest BCUT2D eigenvalue weighted by Gasteiger charge is -2.03. The maximum absolute atomic E-state index is 5.65. The third-order valence-corrected chi connectivity index (χ3v) is 2.57. The van der Waals surface area contributed by atoms with Gasteiger partial charge in [0.15, 0.2) is 0 Å². The molecular formula is C8H8ClIO. The Morgan fingerprint density at radius 1 is 1.55 bits per heavy atom. The van der Waals surface area contributed by atoms with Crippen molar-refractivity contribution in [1.82, 2.24) is 0 Å². The molecule has 0 aromatic heterocycles. The predicted molar refractivity (Wildman–Crippen MR) is 55.3 cm³/mol. The van der Waals surface area contributed by atoms with Gasteiger partial charge in [-0.2, -0.15) is 0 Å². The van der Waals surface area contributed by atoms with Gasteiger partial charge in [0.2, 0.25) is 0 Å². The standard InChI is InChI=1S/C8H8ClIO/c1-11-8-4-6(5-9)2-3-7(8)10/h2-4H,5H2,1H3. The van der Waals surface area contributed by atoms with Crippen molar-refractivity contribution in [3.05, 3.63) is 27.3 Å². The third kappa shape index (κ3) is 2.24. The number of alkyl halides is 1. The third-order valence-electron chi connectivity index (χ3n) is 1.37. The number of ether oxygens (including phenoxy) is 1. The Balaban J connectivity index is 3.02. The first-order valence-electron chi connectivity index (χ1n) is 3.16. The number of halogens is 2. The maximum atomic E-state index is 5.65. The highest BCUT2D eigenvalue weighted by atomic mass is 127. The Kier molecular flexibility index (Phi) is 3.45. The van der Waals surface area contributed by atoms with E-state index in [1.807, 2.05) is 18.2 Å². The quantitative estimate of drug-likeness (QED) is 0.598. The first-order valence-corrected chi connectivity index (χ1v) is 4.77. The second kappa shape index (κ2) is 4.16. The molecule has 0 fully saturated rings. The Bertz CT molecular complexity index is 250. The second-order valence-electron chi connectivity index (χ2n) is 2.10. The normalized spacial score (nSPS) is 9.73. The van der Waals surface area contributed by atoms with Gasteiger partial charge in [0.25, 0.3) is 0 Å². The average Bonchev–Trinajstić information content (AvgIpc) is 2.05. The maximum Gasteiger partial charge on any atom is 0.132 e. The predicted octanol–water partition coefficient (Wildman–Crippen LogP) is 3.04. The van der Waals surface area contributed by atoms with Crippen LogP contribution in [0.4, 0.5) is 0 Å². The van der Waals surface area contributed by atoms with Crippen LogP contribution in [0.5, 0.6) is 5.75 Å². The minimum Gasteiger partial charge on any atom is -0.496 e. The summed E-state index contributed by atoms with van der Waals surface area (Å²) in [6.45, 7) is 0. The molecule has 0 saturated heterocycles. The van der Waals surface area contributed by atoms with Crippen molar-refractivity contribution in [3.8, 4) is 5.75 Å². The van der Waals surface area contributed by atoms with Crippen molar-refractivity contribution in [2.45, 2.75) is 5.88 Å². The fraction of sp³-hybridized carbons (Fsp3) is 0.250. The van der Waals surface area contributed by atoms with E-state index < -0.39 is 0 Å². The molecule has 0 amide bonds. The monoisotopic (exact) mass is 282 g/mol. The minimum absolute atomic E-state index is 0.535. The van der Waals surface area contributed by atoms with E-state index in [4.69, 9.17) is 16.3 Å². The zero-order valence-electron chi connectivity index (χ0n) is 6.10. The highest BCUT2D eigenvalue weighted by molar-refractivity contribution is 14.1. The number of hydrogen-bond donors (Lipinski definition) is 0. The van der Waals surface area contributed by atoms with Gasteiger partial charge in [-0.05, 0) is 40.3 Å². The van der Waals surface area contributed by atoms with Gasteiger partial charge in [-0.25, -0.2) is 0 Å². The van der Waals surface area contributed by atoms with Gasteiger partial charge in [-0.15, -0.1) is 11.6 Å². The van der Waals surface area contributed by atoms with Crippen LogP contribution in [0.3, 0.4) is 0 Å². The van der Waals surface area contributed by atoms with Gasteiger partial charge in [0.05, 0.1) is 10.7 Å². The lowest BCUT2D eigenvalue weighted by molar-refractivity contribution is 0.411. The van der Waals surface area contributed by atoms with E-state index in [-0.39, 0.29) is 0 Å². The summed E-state index contributed by atoms with van der Waals surface area (Å²) in [5.41, 5.74) is 1.09. The van der Waals surface area contributed by atoms with Crippen molar-refractivity contribution in [1.29, 1.82) is 0 Å². The largest absolute Gasteiger partial charge is 0.496 e. The van der Waals surface area contributed by atoms with Gasteiger partial charge < -0.3 is 4.74 Å². The molecular weight excluding hydrogens is 274 g/mol. The molecule has 3 heteroatoms. The molecule has 60 valence electrons. The summed E-state index contributed by atoms with van der Waals surface area (Å²) in [7, 11) is 1.66.